The largest absolute Gasteiger partial charge is 0.482 e. The molecule has 0 aliphatic rings. The highest BCUT2D eigenvalue weighted by molar-refractivity contribution is 5.77. The summed E-state index contributed by atoms with van der Waals surface area (Å²) in [4.78, 5) is 13.9. The van der Waals surface area contributed by atoms with Gasteiger partial charge in [0.15, 0.2) is 6.61 Å². The van der Waals surface area contributed by atoms with Gasteiger partial charge >= 0.3 is 0 Å². The number of amides is 1. The Hall–Kier alpha value is -2.02. The van der Waals surface area contributed by atoms with E-state index in [0.717, 1.165) is 13.0 Å². The van der Waals surface area contributed by atoms with Crippen molar-refractivity contribution in [3.63, 3.8) is 0 Å². The molecule has 1 atom stereocenters. The van der Waals surface area contributed by atoms with Gasteiger partial charge in [-0.1, -0.05) is 32.4 Å². The van der Waals surface area contributed by atoms with Crippen molar-refractivity contribution in [3.05, 3.63) is 29.8 Å². The van der Waals surface area contributed by atoms with Gasteiger partial charge in [-0.2, -0.15) is 5.26 Å². The molecule has 0 N–H and O–H groups in total. The van der Waals surface area contributed by atoms with E-state index in [0.29, 0.717) is 23.8 Å². The third-order valence-corrected chi connectivity index (χ3v) is 3.32. The number of carbonyl (C=O) groups excluding carboxylic acids is 1. The van der Waals surface area contributed by atoms with Gasteiger partial charge in [0.25, 0.3) is 5.91 Å². The normalized spacial score (nSPS) is 11.5. The standard InChI is InChI=1S/C16H22N2O2/c1-4-13(3)11-18(5-2)16(19)12-20-15-9-7-6-8-14(15)10-17/h6-9,13H,4-5,11-12H2,1-3H3. The molecule has 4 heteroatoms. The molecule has 20 heavy (non-hydrogen) atoms. The van der Waals surface area contributed by atoms with Crippen molar-refractivity contribution in [1.82, 2.24) is 4.90 Å². The predicted molar refractivity (Wildman–Crippen MR) is 78.4 cm³/mol. The van der Waals surface area contributed by atoms with Gasteiger partial charge in [0, 0.05) is 13.1 Å². The molecule has 0 spiro atoms. The minimum absolute atomic E-state index is 0.0248. The molecule has 1 aromatic carbocycles. The van der Waals surface area contributed by atoms with Crippen molar-refractivity contribution in [1.29, 1.82) is 5.26 Å². The highest BCUT2D eigenvalue weighted by Gasteiger charge is 2.15. The Morgan fingerprint density at radius 1 is 1.40 bits per heavy atom. The van der Waals surface area contributed by atoms with Crippen LogP contribution in [0.3, 0.4) is 0 Å². The summed E-state index contributed by atoms with van der Waals surface area (Å²) >= 11 is 0. The maximum Gasteiger partial charge on any atom is 0.260 e. The fourth-order valence-corrected chi connectivity index (χ4v) is 1.83. The van der Waals surface area contributed by atoms with E-state index in [2.05, 4.69) is 19.9 Å². The summed E-state index contributed by atoms with van der Waals surface area (Å²) in [5.41, 5.74) is 0.449. The molecule has 1 aromatic rings. The van der Waals surface area contributed by atoms with Crippen LogP contribution in [-0.2, 0) is 4.79 Å². The molecule has 0 aliphatic carbocycles. The number of likely N-dealkylation sites (N-methyl/N-ethyl adjacent to an activating group) is 1. The van der Waals surface area contributed by atoms with E-state index >= 15 is 0 Å². The highest BCUT2D eigenvalue weighted by atomic mass is 16.5. The number of nitriles is 1. The molecule has 108 valence electrons. The van der Waals surface area contributed by atoms with Gasteiger partial charge in [-0.3, -0.25) is 4.79 Å². The maximum absolute atomic E-state index is 12.1. The molecule has 0 bridgehead atoms. The van der Waals surface area contributed by atoms with E-state index in [1.807, 2.05) is 6.92 Å². The Morgan fingerprint density at radius 2 is 2.10 bits per heavy atom. The van der Waals surface area contributed by atoms with Crippen molar-refractivity contribution in [3.8, 4) is 11.8 Å². The van der Waals surface area contributed by atoms with Crippen molar-refractivity contribution >= 4 is 5.91 Å². The molecule has 0 aliphatic heterocycles. The van der Waals surface area contributed by atoms with Crippen LogP contribution >= 0.6 is 0 Å². The zero-order chi connectivity index (χ0) is 15.0. The first-order valence-corrected chi connectivity index (χ1v) is 7.02. The predicted octanol–water partition coefficient (Wildman–Crippen LogP) is 2.83. The minimum Gasteiger partial charge on any atom is -0.482 e. The van der Waals surface area contributed by atoms with Crippen molar-refractivity contribution in [2.45, 2.75) is 27.2 Å². The van der Waals surface area contributed by atoms with E-state index in [1.54, 1.807) is 29.2 Å². The zero-order valence-electron chi connectivity index (χ0n) is 12.4. The lowest BCUT2D eigenvalue weighted by atomic mass is 10.1. The van der Waals surface area contributed by atoms with Crippen LogP contribution in [0.15, 0.2) is 24.3 Å². The number of benzene rings is 1. The van der Waals surface area contributed by atoms with Gasteiger partial charge in [-0.05, 0) is 25.0 Å². The third kappa shape index (κ3) is 4.58. The molecule has 4 nitrogen and oxygen atoms in total. The van der Waals surface area contributed by atoms with Crippen molar-refractivity contribution < 1.29 is 9.53 Å². The zero-order valence-corrected chi connectivity index (χ0v) is 12.4. The van der Waals surface area contributed by atoms with Crippen LogP contribution in [-0.4, -0.2) is 30.5 Å². The summed E-state index contributed by atoms with van der Waals surface area (Å²) in [5, 5.41) is 8.96. The molecule has 1 amide bonds. The first-order chi connectivity index (χ1) is 9.62. The van der Waals surface area contributed by atoms with Gasteiger partial charge in [0.1, 0.15) is 11.8 Å². The molecule has 0 saturated heterocycles. The van der Waals surface area contributed by atoms with Crippen LogP contribution in [0.25, 0.3) is 0 Å². The lowest BCUT2D eigenvalue weighted by Gasteiger charge is -2.24. The molecule has 0 fully saturated rings. The highest BCUT2D eigenvalue weighted by Crippen LogP contribution is 2.16. The molecule has 0 radical (unpaired) electrons. The summed E-state index contributed by atoms with van der Waals surface area (Å²) in [5.74, 6) is 0.897. The van der Waals surface area contributed by atoms with E-state index in [-0.39, 0.29) is 12.5 Å². The average Bonchev–Trinajstić information content (AvgIpc) is 2.50. The average molecular weight is 274 g/mol. The quantitative estimate of drug-likeness (QED) is 0.768. The van der Waals surface area contributed by atoms with Crippen LogP contribution in [0.4, 0.5) is 0 Å². The Morgan fingerprint density at radius 3 is 2.70 bits per heavy atom. The summed E-state index contributed by atoms with van der Waals surface area (Å²) in [7, 11) is 0. The number of carbonyl (C=O) groups is 1. The number of nitrogens with zero attached hydrogens (tertiary/aromatic N) is 2. The van der Waals surface area contributed by atoms with Crippen molar-refractivity contribution in [2.24, 2.45) is 5.92 Å². The Balaban J connectivity index is 2.59. The van der Waals surface area contributed by atoms with Gasteiger partial charge in [0.2, 0.25) is 0 Å². The van der Waals surface area contributed by atoms with E-state index in [9.17, 15) is 4.79 Å². The molecule has 1 unspecified atom stereocenters. The Kier molecular flexibility index (Phi) is 6.58. The van der Waals surface area contributed by atoms with Gasteiger partial charge in [-0.25, -0.2) is 0 Å². The number of hydrogen-bond donors (Lipinski definition) is 0. The van der Waals surface area contributed by atoms with Crippen LogP contribution in [0, 0.1) is 17.2 Å². The number of rotatable bonds is 7. The van der Waals surface area contributed by atoms with Crippen molar-refractivity contribution in [2.75, 3.05) is 19.7 Å². The monoisotopic (exact) mass is 274 g/mol. The summed E-state index contributed by atoms with van der Waals surface area (Å²) in [6.07, 6.45) is 1.04. The second-order valence-corrected chi connectivity index (χ2v) is 4.84. The number of para-hydroxylation sites is 1. The topological polar surface area (TPSA) is 53.3 Å². The summed E-state index contributed by atoms with van der Waals surface area (Å²) in [6.45, 7) is 7.60. The Bertz CT molecular complexity index is 480. The van der Waals surface area contributed by atoms with E-state index < -0.39 is 0 Å². The number of ether oxygens (including phenoxy) is 1. The smallest absolute Gasteiger partial charge is 0.260 e. The van der Waals surface area contributed by atoms with Crippen LogP contribution in [0.1, 0.15) is 32.8 Å². The minimum atomic E-state index is -0.0412. The van der Waals surface area contributed by atoms with E-state index in [1.165, 1.54) is 0 Å². The molecule has 1 rings (SSSR count). The summed E-state index contributed by atoms with van der Waals surface area (Å²) < 4.78 is 5.47. The van der Waals surface area contributed by atoms with E-state index in [4.69, 9.17) is 10.00 Å². The Labute approximate surface area is 121 Å². The fourth-order valence-electron chi connectivity index (χ4n) is 1.83. The first kappa shape index (κ1) is 16.0. The third-order valence-electron chi connectivity index (χ3n) is 3.32. The second kappa shape index (κ2) is 8.21. The molecule has 0 aromatic heterocycles. The molecular formula is C16H22N2O2. The molecular weight excluding hydrogens is 252 g/mol. The molecule has 0 saturated carbocycles. The second-order valence-electron chi connectivity index (χ2n) is 4.84. The molecule has 0 heterocycles. The van der Waals surface area contributed by atoms with Gasteiger partial charge in [-0.15, -0.1) is 0 Å². The van der Waals surface area contributed by atoms with Crippen LogP contribution < -0.4 is 4.74 Å². The lowest BCUT2D eigenvalue weighted by molar-refractivity contribution is -0.133. The fraction of sp³-hybridized carbons (Fsp3) is 0.500. The van der Waals surface area contributed by atoms with Gasteiger partial charge in [0.05, 0.1) is 5.56 Å². The van der Waals surface area contributed by atoms with Crippen LogP contribution in [0.5, 0.6) is 5.75 Å². The van der Waals surface area contributed by atoms with Gasteiger partial charge < -0.3 is 9.64 Å². The summed E-state index contributed by atoms with van der Waals surface area (Å²) in [6, 6.07) is 9.00. The SMILES string of the molecule is CCC(C)CN(CC)C(=O)COc1ccccc1C#N. The lowest BCUT2D eigenvalue weighted by Crippen LogP contribution is -2.37. The van der Waals surface area contributed by atoms with Crippen LogP contribution in [0.2, 0.25) is 0 Å². The maximum atomic E-state index is 12.1. The number of hydrogen-bond acceptors (Lipinski definition) is 3. The first-order valence-electron chi connectivity index (χ1n) is 7.02.